The van der Waals surface area contributed by atoms with Crippen LogP contribution in [0.1, 0.15) is 12.5 Å². The summed E-state index contributed by atoms with van der Waals surface area (Å²) >= 11 is 0. The summed E-state index contributed by atoms with van der Waals surface area (Å²) in [6.45, 7) is 2.39. The number of carbonyl (C=O) groups is 1. The molecule has 6 nitrogen and oxygen atoms in total. The molecule has 0 heterocycles. The van der Waals surface area contributed by atoms with Crippen molar-refractivity contribution in [3.63, 3.8) is 0 Å². The van der Waals surface area contributed by atoms with Gasteiger partial charge in [0.05, 0.1) is 4.90 Å². The van der Waals surface area contributed by atoms with Crippen molar-refractivity contribution in [1.82, 2.24) is 9.62 Å². The van der Waals surface area contributed by atoms with Crippen LogP contribution in [0.15, 0.2) is 35.2 Å². The summed E-state index contributed by atoms with van der Waals surface area (Å²) in [5.74, 6) is -1.05. The normalized spacial score (nSPS) is 13.7. The number of nitrogens with one attached hydrogen (secondary N) is 1. The molecule has 0 aliphatic heterocycles. The highest BCUT2D eigenvalue weighted by Crippen LogP contribution is 2.12. The highest BCUT2D eigenvalue weighted by molar-refractivity contribution is 7.89. The Balaban J connectivity index is 2.82. The van der Waals surface area contributed by atoms with Gasteiger partial charge in [0.15, 0.2) is 0 Å². The monoisotopic (exact) mass is 312 g/mol. The Hall–Kier alpha value is -1.70. The van der Waals surface area contributed by atoms with Crippen molar-refractivity contribution in [1.29, 1.82) is 0 Å². The van der Waals surface area contributed by atoms with Crippen LogP contribution in [0.2, 0.25) is 0 Å². The van der Waals surface area contributed by atoms with Crippen molar-refractivity contribution in [3.05, 3.63) is 35.9 Å². The molecule has 0 spiro atoms. The van der Waals surface area contributed by atoms with Crippen LogP contribution in [0.3, 0.4) is 0 Å². The lowest BCUT2D eigenvalue weighted by atomic mass is 10.2. The maximum atomic E-state index is 12.2. The van der Waals surface area contributed by atoms with Crippen LogP contribution in [-0.4, -0.2) is 51.1 Å². The summed E-state index contributed by atoms with van der Waals surface area (Å²) in [6, 6.07) is 5.81. The predicted molar refractivity (Wildman–Crippen MR) is 81.4 cm³/mol. The lowest BCUT2D eigenvalue weighted by molar-refractivity contribution is -0.131. The van der Waals surface area contributed by atoms with Gasteiger partial charge in [-0.2, -0.15) is 0 Å². The smallest absolute Gasteiger partial charge is 0.328 e. The van der Waals surface area contributed by atoms with Crippen LogP contribution in [-0.2, 0) is 14.8 Å². The Bertz CT molecular complexity index is 606. The molecule has 116 valence electrons. The Kier molecular flexibility index (Phi) is 6.07. The van der Waals surface area contributed by atoms with Gasteiger partial charge in [0.25, 0.3) is 0 Å². The molecule has 0 aliphatic rings. The van der Waals surface area contributed by atoms with Crippen LogP contribution in [0.5, 0.6) is 0 Å². The second-order valence-electron chi connectivity index (χ2n) is 5.03. The van der Waals surface area contributed by atoms with Crippen LogP contribution in [0, 0.1) is 0 Å². The first-order valence-electron chi connectivity index (χ1n) is 6.39. The SMILES string of the molecule is CC(CN(C)C)NS(=O)(=O)c1ccc(/C=C/C(=O)O)cc1. The summed E-state index contributed by atoms with van der Waals surface area (Å²) < 4.78 is 26.9. The molecule has 1 aromatic rings. The zero-order valence-corrected chi connectivity index (χ0v) is 13.1. The highest BCUT2D eigenvalue weighted by atomic mass is 32.2. The molecular formula is C14H20N2O4S. The van der Waals surface area contributed by atoms with Crippen LogP contribution in [0.25, 0.3) is 6.08 Å². The van der Waals surface area contributed by atoms with Gasteiger partial charge in [0.1, 0.15) is 0 Å². The zero-order valence-electron chi connectivity index (χ0n) is 12.3. The molecule has 1 unspecified atom stereocenters. The van der Waals surface area contributed by atoms with Gasteiger partial charge in [0, 0.05) is 18.7 Å². The van der Waals surface area contributed by atoms with E-state index in [-0.39, 0.29) is 10.9 Å². The molecule has 21 heavy (non-hydrogen) atoms. The van der Waals surface area contributed by atoms with E-state index >= 15 is 0 Å². The van der Waals surface area contributed by atoms with E-state index in [0.717, 1.165) is 6.08 Å². The van der Waals surface area contributed by atoms with Gasteiger partial charge < -0.3 is 10.0 Å². The number of rotatable bonds is 7. The van der Waals surface area contributed by atoms with Gasteiger partial charge in [-0.15, -0.1) is 0 Å². The maximum absolute atomic E-state index is 12.2. The van der Waals surface area contributed by atoms with Gasteiger partial charge in [0.2, 0.25) is 10.0 Å². The van der Waals surface area contributed by atoms with Gasteiger partial charge in [-0.25, -0.2) is 17.9 Å². The summed E-state index contributed by atoms with van der Waals surface area (Å²) in [4.78, 5) is 12.5. The number of hydrogen-bond acceptors (Lipinski definition) is 4. The third kappa shape index (κ3) is 6.07. The maximum Gasteiger partial charge on any atom is 0.328 e. The third-order valence-corrected chi connectivity index (χ3v) is 4.21. The number of benzene rings is 1. The van der Waals surface area contributed by atoms with E-state index < -0.39 is 16.0 Å². The number of sulfonamides is 1. The topological polar surface area (TPSA) is 86.7 Å². The first-order chi connectivity index (χ1) is 9.70. The molecule has 1 rings (SSSR count). The number of likely N-dealkylation sites (N-methyl/N-ethyl adjacent to an activating group) is 1. The van der Waals surface area contributed by atoms with Crippen molar-refractivity contribution < 1.29 is 18.3 Å². The van der Waals surface area contributed by atoms with Crippen LogP contribution >= 0.6 is 0 Å². The molecule has 0 fully saturated rings. The standard InChI is InChI=1S/C14H20N2O4S/c1-11(10-16(2)3)15-21(19,20)13-7-4-12(5-8-13)6-9-14(17)18/h4-9,11,15H,10H2,1-3H3,(H,17,18)/b9-6+. The lowest BCUT2D eigenvalue weighted by Gasteiger charge is -2.18. The number of aliphatic carboxylic acids is 1. The van der Waals surface area contributed by atoms with Crippen molar-refractivity contribution in [3.8, 4) is 0 Å². The molecule has 0 saturated carbocycles. The van der Waals surface area contributed by atoms with Crippen molar-refractivity contribution in [2.24, 2.45) is 0 Å². The molecule has 1 atom stereocenters. The van der Waals surface area contributed by atoms with Gasteiger partial charge in [-0.1, -0.05) is 12.1 Å². The molecule has 0 aromatic heterocycles. The minimum Gasteiger partial charge on any atom is -0.478 e. The second kappa shape index (κ2) is 7.35. The second-order valence-corrected chi connectivity index (χ2v) is 6.74. The van der Waals surface area contributed by atoms with Gasteiger partial charge in [-0.3, -0.25) is 0 Å². The largest absolute Gasteiger partial charge is 0.478 e. The Labute approximate surface area is 125 Å². The van der Waals surface area contributed by atoms with E-state index in [1.54, 1.807) is 19.1 Å². The van der Waals surface area contributed by atoms with E-state index in [2.05, 4.69) is 4.72 Å². The predicted octanol–water partition coefficient (Wildman–Crippen LogP) is 1.01. The number of carboxylic acid groups (broad SMARTS) is 1. The minimum absolute atomic E-state index is 0.153. The van der Waals surface area contributed by atoms with Gasteiger partial charge >= 0.3 is 5.97 Å². The number of hydrogen-bond donors (Lipinski definition) is 2. The Morgan fingerprint density at radius 3 is 2.38 bits per heavy atom. The summed E-state index contributed by atoms with van der Waals surface area (Å²) in [7, 11) is 0.169. The average molecular weight is 312 g/mol. The Morgan fingerprint density at radius 2 is 1.90 bits per heavy atom. The fraction of sp³-hybridized carbons (Fsp3) is 0.357. The zero-order chi connectivity index (χ0) is 16.0. The van der Waals surface area contributed by atoms with Crippen molar-refractivity contribution >= 4 is 22.1 Å². The lowest BCUT2D eigenvalue weighted by Crippen LogP contribution is -2.39. The third-order valence-electron chi connectivity index (χ3n) is 2.60. The fourth-order valence-corrected chi connectivity index (χ4v) is 3.08. The van der Waals surface area contributed by atoms with Crippen molar-refractivity contribution in [2.45, 2.75) is 17.9 Å². The fourth-order valence-electron chi connectivity index (χ4n) is 1.84. The molecule has 0 radical (unpaired) electrons. The number of carboxylic acids is 1. The Morgan fingerprint density at radius 1 is 1.33 bits per heavy atom. The molecular weight excluding hydrogens is 292 g/mol. The summed E-state index contributed by atoms with van der Waals surface area (Å²) in [5, 5.41) is 8.53. The minimum atomic E-state index is -3.57. The van der Waals surface area contributed by atoms with E-state index in [4.69, 9.17) is 5.11 Å². The summed E-state index contributed by atoms with van der Waals surface area (Å²) in [5.41, 5.74) is 0.623. The van der Waals surface area contributed by atoms with Crippen LogP contribution in [0.4, 0.5) is 0 Å². The molecule has 7 heteroatoms. The van der Waals surface area contributed by atoms with Crippen LogP contribution < -0.4 is 4.72 Å². The first kappa shape index (κ1) is 17.4. The molecule has 0 amide bonds. The quantitative estimate of drug-likeness (QED) is 0.734. The van der Waals surface area contributed by atoms with E-state index in [1.165, 1.54) is 18.2 Å². The molecule has 2 N–H and O–H groups in total. The van der Waals surface area contributed by atoms with E-state index in [9.17, 15) is 13.2 Å². The highest BCUT2D eigenvalue weighted by Gasteiger charge is 2.17. The van der Waals surface area contributed by atoms with Crippen molar-refractivity contribution in [2.75, 3.05) is 20.6 Å². The van der Waals surface area contributed by atoms with E-state index in [1.807, 2.05) is 19.0 Å². The van der Waals surface area contributed by atoms with Gasteiger partial charge in [-0.05, 0) is 44.8 Å². The van der Waals surface area contributed by atoms with E-state index in [0.29, 0.717) is 12.1 Å². The molecule has 0 saturated heterocycles. The summed E-state index contributed by atoms with van der Waals surface area (Å²) in [6.07, 6.45) is 2.40. The molecule has 1 aromatic carbocycles. The average Bonchev–Trinajstić information content (AvgIpc) is 2.35. The first-order valence-corrected chi connectivity index (χ1v) is 7.87. The number of nitrogens with zero attached hydrogens (tertiary/aromatic N) is 1. The molecule has 0 aliphatic carbocycles. The molecule has 0 bridgehead atoms.